The van der Waals surface area contributed by atoms with E-state index in [4.69, 9.17) is 4.74 Å². The number of rotatable bonds is 6. The van der Waals surface area contributed by atoms with E-state index in [0.717, 1.165) is 18.5 Å². The molecule has 0 spiro atoms. The standard InChI is InChI=1S/C25H18I2O2S/c26-23-15-18(16-24(27)25(23)28)17-29-19-11-13-22(14-12-19)30(20-7-3-1-4-8-20)21-9-5-2-6-10-21/h1-16H,17H2/p+1. The number of ether oxygens (including phenoxy) is 1. The van der Waals surface area contributed by atoms with Crippen LogP contribution in [0.3, 0.4) is 0 Å². The molecule has 150 valence electrons. The van der Waals surface area contributed by atoms with Gasteiger partial charge in [0.2, 0.25) is 0 Å². The molecule has 0 fully saturated rings. The van der Waals surface area contributed by atoms with Crippen LogP contribution in [0.15, 0.2) is 112 Å². The van der Waals surface area contributed by atoms with Crippen LogP contribution in [0.4, 0.5) is 0 Å². The second-order valence-corrected chi connectivity index (χ2v) is 11.0. The van der Waals surface area contributed by atoms with Crippen LogP contribution in [-0.2, 0) is 17.5 Å². The van der Waals surface area contributed by atoms with Gasteiger partial charge in [-0.25, -0.2) is 0 Å². The maximum Gasteiger partial charge on any atom is 0.166 e. The minimum Gasteiger partial charge on any atom is -0.506 e. The number of hydrogen-bond acceptors (Lipinski definition) is 2. The lowest BCUT2D eigenvalue weighted by atomic mass is 10.2. The van der Waals surface area contributed by atoms with E-state index in [1.54, 1.807) is 0 Å². The van der Waals surface area contributed by atoms with Crippen molar-refractivity contribution in [3.05, 3.63) is 110 Å². The lowest BCUT2D eigenvalue weighted by Gasteiger charge is -2.10. The second-order valence-electron chi connectivity index (χ2n) is 6.60. The molecule has 0 bridgehead atoms. The Labute approximate surface area is 206 Å². The Bertz CT molecular complexity index is 1050. The largest absolute Gasteiger partial charge is 0.506 e. The highest BCUT2D eigenvalue weighted by Crippen LogP contribution is 2.32. The predicted molar refractivity (Wildman–Crippen MR) is 139 cm³/mol. The van der Waals surface area contributed by atoms with Gasteiger partial charge < -0.3 is 9.84 Å². The second kappa shape index (κ2) is 10.1. The van der Waals surface area contributed by atoms with E-state index < -0.39 is 0 Å². The van der Waals surface area contributed by atoms with Gasteiger partial charge in [-0.1, -0.05) is 36.4 Å². The van der Waals surface area contributed by atoms with Crippen LogP contribution in [0.5, 0.6) is 11.5 Å². The summed E-state index contributed by atoms with van der Waals surface area (Å²) in [4.78, 5) is 3.85. The molecule has 0 aliphatic rings. The smallest absolute Gasteiger partial charge is 0.166 e. The molecule has 1 N–H and O–H groups in total. The minimum absolute atomic E-state index is 0.157. The van der Waals surface area contributed by atoms with Gasteiger partial charge in [0.25, 0.3) is 0 Å². The fourth-order valence-corrected chi connectivity index (χ4v) is 7.04. The molecule has 0 aliphatic carbocycles. The normalized spacial score (nSPS) is 10.9. The molecule has 4 aromatic carbocycles. The zero-order valence-corrected chi connectivity index (χ0v) is 21.1. The van der Waals surface area contributed by atoms with E-state index >= 15 is 0 Å². The lowest BCUT2D eigenvalue weighted by Crippen LogP contribution is -2.04. The molecule has 0 atom stereocenters. The summed E-state index contributed by atoms with van der Waals surface area (Å²) in [5, 5.41) is 9.93. The molecule has 0 amide bonds. The summed E-state index contributed by atoms with van der Waals surface area (Å²) >= 11 is 4.29. The third-order valence-electron chi connectivity index (χ3n) is 4.50. The van der Waals surface area contributed by atoms with E-state index in [1.165, 1.54) is 14.7 Å². The highest BCUT2D eigenvalue weighted by Gasteiger charge is 2.28. The fourth-order valence-electron chi connectivity index (χ4n) is 3.06. The van der Waals surface area contributed by atoms with E-state index in [9.17, 15) is 5.11 Å². The van der Waals surface area contributed by atoms with Crippen LogP contribution in [-0.4, -0.2) is 5.11 Å². The van der Waals surface area contributed by atoms with Crippen LogP contribution in [0.1, 0.15) is 5.56 Å². The Morgan fingerprint density at radius 1 is 0.667 bits per heavy atom. The average Bonchev–Trinajstić information content (AvgIpc) is 2.78. The van der Waals surface area contributed by atoms with Crippen LogP contribution >= 0.6 is 45.2 Å². The minimum atomic E-state index is -0.157. The Morgan fingerprint density at radius 3 is 1.63 bits per heavy atom. The first-order valence-corrected chi connectivity index (χ1v) is 12.7. The van der Waals surface area contributed by atoms with Crippen molar-refractivity contribution in [3.8, 4) is 11.5 Å². The van der Waals surface area contributed by atoms with Crippen LogP contribution < -0.4 is 4.74 Å². The first-order chi connectivity index (χ1) is 14.6. The SMILES string of the molecule is Oc1c(I)cc(COc2ccc([S+](c3ccccc3)c3ccccc3)cc2)cc1I. The number of hydrogen-bond donors (Lipinski definition) is 1. The van der Waals surface area contributed by atoms with Crippen molar-refractivity contribution in [1.82, 2.24) is 0 Å². The number of benzene rings is 4. The van der Waals surface area contributed by atoms with Gasteiger partial charge in [0.1, 0.15) is 18.1 Å². The summed E-state index contributed by atoms with van der Waals surface area (Å²) in [6.45, 7) is 0.467. The van der Waals surface area contributed by atoms with Gasteiger partial charge in [-0.05, 0) is 111 Å². The highest BCUT2D eigenvalue weighted by atomic mass is 127. The van der Waals surface area contributed by atoms with Crippen molar-refractivity contribution in [2.45, 2.75) is 21.3 Å². The quantitative estimate of drug-likeness (QED) is 0.178. The van der Waals surface area contributed by atoms with Gasteiger partial charge >= 0.3 is 0 Å². The molecule has 0 heterocycles. The summed E-state index contributed by atoms with van der Waals surface area (Å²) in [6, 6.07) is 33.5. The van der Waals surface area contributed by atoms with Crippen molar-refractivity contribution in [1.29, 1.82) is 0 Å². The Morgan fingerprint density at radius 2 is 1.13 bits per heavy atom. The van der Waals surface area contributed by atoms with Crippen molar-refractivity contribution >= 4 is 56.1 Å². The van der Waals surface area contributed by atoms with Gasteiger partial charge in [-0.15, -0.1) is 0 Å². The maximum atomic E-state index is 9.93. The molecular formula is C25H19I2O2S+. The van der Waals surface area contributed by atoms with Crippen molar-refractivity contribution in [2.75, 3.05) is 0 Å². The molecule has 0 unspecified atom stereocenters. The Hall–Kier alpha value is -1.71. The van der Waals surface area contributed by atoms with Crippen molar-refractivity contribution < 1.29 is 9.84 Å². The monoisotopic (exact) mass is 637 g/mol. The zero-order valence-electron chi connectivity index (χ0n) is 16.0. The topological polar surface area (TPSA) is 29.5 Å². The predicted octanol–water partition coefficient (Wildman–Crippen LogP) is 7.28. The first-order valence-electron chi connectivity index (χ1n) is 9.36. The van der Waals surface area contributed by atoms with Crippen molar-refractivity contribution in [2.24, 2.45) is 0 Å². The van der Waals surface area contributed by atoms with Crippen LogP contribution in [0, 0.1) is 7.14 Å². The number of phenolic OH excluding ortho intramolecular Hbond substituents is 1. The molecule has 5 heteroatoms. The molecule has 0 saturated carbocycles. The lowest BCUT2D eigenvalue weighted by molar-refractivity contribution is 0.305. The average molecular weight is 637 g/mol. The third-order valence-corrected chi connectivity index (χ3v) is 8.37. The Kier molecular flexibility index (Phi) is 7.22. The van der Waals surface area contributed by atoms with Crippen molar-refractivity contribution in [3.63, 3.8) is 0 Å². The van der Waals surface area contributed by atoms with E-state index in [0.29, 0.717) is 12.4 Å². The highest BCUT2D eigenvalue weighted by molar-refractivity contribution is 14.1. The van der Waals surface area contributed by atoms with Crippen LogP contribution in [0.25, 0.3) is 0 Å². The molecular weight excluding hydrogens is 618 g/mol. The van der Waals surface area contributed by atoms with E-state index in [2.05, 4.69) is 118 Å². The molecule has 2 nitrogen and oxygen atoms in total. The number of aromatic hydroxyl groups is 1. The molecule has 30 heavy (non-hydrogen) atoms. The third kappa shape index (κ3) is 5.12. The Balaban J connectivity index is 1.55. The van der Waals surface area contributed by atoms with Gasteiger partial charge in [0, 0.05) is 0 Å². The zero-order chi connectivity index (χ0) is 20.9. The molecule has 0 radical (unpaired) electrons. The summed E-state index contributed by atoms with van der Waals surface area (Å²) in [6.07, 6.45) is 0. The summed E-state index contributed by atoms with van der Waals surface area (Å²) in [5.41, 5.74) is 1.04. The maximum absolute atomic E-state index is 9.93. The summed E-state index contributed by atoms with van der Waals surface area (Å²) in [7, 11) is -0.157. The summed E-state index contributed by atoms with van der Waals surface area (Å²) < 4.78 is 7.68. The van der Waals surface area contributed by atoms with Crippen LogP contribution in [0.2, 0.25) is 0 Å². The number of phenols is 1. The van der Waals surface area contributed by atoms with Gasteiger partial charge in [0.15, 0.2) is 14.7 Å². The molecule has 4 aromatic rings. The van der Waals surface area contributed by atoms with Gasteiger partial charge in [-0.2, -0.15) is 0 Å². The molecule has 0 saturated heterocycles. The summed E-state index contributed by atoms with van der Waals surface area (Å²) in [5.74, 6) is 1.17. The van der Waals surface area contributed by atoms with E-state index in [-0.39, 0.29) is 10.9 Å². The molecule has 4 rings (SSSR count). The van der Waals surface area contributed by atoms with E-state index in [1.807, 2.05) is 24.3 Å². The first kappa shape index (κ1) is 21.5. The van der Waals surface area contributed by atoms with Gasteiger partial charge in [0.05, 0.1) is 18.0 Å². The fraction of sp³-hybridized carbons (Fsp3) is 0.0400. The molecule has 0 aliphatic heterocycles. The van der Waals surface area contributed by atoms with Gasteiger partial charge in [-0.3, -0.25) is 0 Å². The number of halogens is 2. The molecule has 0 aromatic heterocycles.